The average molecular weight is 256 g/mol. The molecule has 4 nitrogen and oxygen atoms in total. The number of para-hydroxylation sites is 1. The van der Waals surface area contributed by atoms with E-state index in [1.54, 1.807) is 0 Å². The zero-order valence-electron chi connectivity index (χ0n) is 11.7. The quantitative estimate of drug-likeness (QED) is 0.853. The number of anilines is 1. The fourth-order valence-corrected chi connectivity index (χ4v) is 2.50. The van der Waals surface area contributed by atoms with Crippen LogP contribution in [0.4, 0.5) is 5.69 Å². The van der Waals surface area contributed by atoms with Crippen LogP contribution >= 0.6 is 0 Å². The van der Waals surface area contributed by atoms with Crippen molar-refractivity contribution in [2.45, 2.75) is 38.6 Å². The van der Waals surface area contributed by atoms with Crippen molar-refractivity contribution in [1.29, 1.82) is 0 Å². The maximum atomic E-state index is 4.34. The molecule has 0 spiro atoms. The van der Waals surface area contributed by atoms with Gasteiger partial charge in [0.1, 0.15) is 0 Å². The van der Waals surface area contributed by atoms with Gasteiger partial charge in [0.05, 0.1) is 11.7 Å². The van der Waals surface area contributed by atoms with E-state index in [4.69, 9.17) is 0 Å². The Morgan fingerprint density at radius 2 is 2.05 bits per heavy atom. The van der Waals surface area contributed by atoms with Gasteiger partial charge < -0.3 is 5.32 Å². The van der Waals surface area contributed by atoms with Crippen molar-refractivity contribution in [1.82, 2.24) is 15.0 Å². The Bertz CT molecular complexity index is 580. The van der Waals surface area contributed by atoms with Gasteiger partial charge in [-0.2, -0.15) is 0 Å². The maximum Gasteiger partial charge on any atom is 0.0880 e. The molecular weight excluding hydrogens is 236 g/mol. The van der Waals surface area contributed by atoms with Gasteiger partial charge in [0.15, 0.2) is 0 Å². The van der Waals surface area contributed by atoms with E-state index in [-0.39, 0.29) is 5.41 Å². The second-order valence-electron chi connectivity index (χ2n) is 6.15. The van der Waals surface area contributed by atoms with Crippen LogP contribution in [0.25, 0.3) is 0 Å². The first kappa shape index (κ1) is 12.2. The summed E-state index contributed by atoms with van der Waals surface area (Å²) in [5.74, 6) is 0. The summed E-state index contributed by atoms with van der Waals surface area (Å²) in [5, 5.41) is 12.1. The number of hydrogen-bond donors (Lipinski definition) is 1. The van der Waals surface area contributed by atoms with Crippen LogP contribution in [0.5, 0.6) is 0 Å². The molecule has 1 aromatic carbocycles. The molecule has 0 saturated carbocycles. The van der Waals surface area contributed by atoms with E-state index >= 15 is 0 Å². The molecule has 1 unspecified atom stereocenters. The predicted octanol–water partition coefficient (Wildman–Crippen LogP) is 2.98. The molecule has 1 aromatic heterocycles. The molecule has 1 N–H and O–H groups in total. The molecule has 0 fully saturated rings. The molecule has 0 radical (unpaired) electrons. The van der Waals surface area contributed by atoms with Crippen LogP contribution in [0.2, 0.25) is 0 Å². The van der Waals surface area contributed by atoms with Gasteiger partial charge in [-0.3, -0.25) is 0 Å². The van der Waals surface area contributed by atoms with Gasteiger partial charge in [0, 0.05) is 23.8 Å². The van der Waals surface area contributed by atoms with E-state index in [9.17, 15) is 0 Å². The monoisotopic (exact) mass is 256 g/mol. The molecule has 0 saturated heterocycles. The fraction of sp³-hybridized carbons (Fsp3) is 0.467. The molecule has 19 heavy (non-hydrogen) atoms. The number of aromatic nitrogens is 3. The Kier molecular flexibility index (Phi) is 2.81. The Hall–Kier alpha value is -1.84. The molecule has 4 heteroatoms. The lowest BCUT2D eigenvalue weighted by molar-refractivity contribution is 0.477. The van der Waals surface area contributed by atoms with Crippen LogP contribution in [-0.4, -0.2) is 21.5 Å². The largest absolute Gasteiger partial charge is 0.385 e. The van der Waals surface area contributed by atoms with Crippen LogP contribution in [0.1, 0.15) is 44.5 Å². The lowest BCUT2D eigenvalue weighted by Gasteiger charge is -2.26. The topological polar surface area (TPSA) is 42.7 Å². The first-order valence-corrected chi connectivity index (χ1v) is 6.81. The van der Waals surface area contributed by atoms with E-state index in [2.05, 4.69) is 66.9 Å². The molecule has 0 amide bonds. The minimum absolute atomic E-state index is 0.0463. The predicted molar refractivity (Wildman–Crippen MR) is 76.4 cm³/mol. The Morgan fingerprint density at radius 3 is 2.79 bits per heavy atom. The molecule has 0 bridgehead atoms. The van der Waals surface area contributed by atoms with Gasteiger partial charge >= 0.3 is 0 Å². The normalized spacial score (nSPS) is 18.8. The fourth-order valence-electron chi connectivity index (χ4n) is 2.50. The summed E-state index contributed by atoms with van der Waals surface area (Å²) in [4.78, 5) is 0. The van der Waals surface area contributed by atoms with E-state index in [0.29, 0.717) is 6.04 Å². The highest BCUT2D eigenvalue weighted by Gasteiger charge is 2.24. The third kappa shape index (κ3) is 2.23. The third-order valence-electron chi connectivity index (χ3n) is 3.65. The number of rotatable bonds is 1. The average Bonchev–Trinajstić information content (AvgIpc) is 2.87. The molecule has 2 heterocycles. The van der Waals surface area contributed by atoms with E-state index in [1.807, 2.05) is 4.68 Å². The van der Waals surface area contributed by atoms with Gasteiger partial charge in [-0.15, -0.1) is 5.10 Å². The Balaban J connectivity index is 1.98. The smallest absolute Gasteiger partial charge is 0.0880 e. The number of nitrogens with one attached hydrogen (secondary N) is 1. The lowest BCUT2D eigenvalue weighted by atomic mass is 9.93. The number of nitrogens with zero attached hydrogens (tertiary/aromatic N) is 3. The first-order chi connectivity index (χ1) is 9.05. The SMILES string of the molecule is CC(C)(C)c1cn(C2CCNc3ccccc32)nn1. The highest BCUT2D eigenvalue weighted by atomic mass is 15.4. The molecule has 3 rings (SSSR count). The van der Waals surface area contributed by atoms with Gasteiger partial charge in [-0.1, -0.05) is 44.2 Å². The van der Waals surface area contributed by atoms with Gasteiger partial charge in [0.2, 0.25) is 0 Å². The maximum absolute atomic E-state index is 4.34. The lowest BCUT2D eigenvalue weighted by Crippen LogP contribution is -2.22. The molecule has 100 valence electrons. The molecule has 0 aliphatic carbocycles. The summed E-state index contributed by atoms with van der Waals surface area (Å²) in [6, 6.07) is 8.74. The summed E-state index contributed by atoms with van der Waals surface area (Å²) in [6.07, 6.45) is 3.14. The zero-order valence-corrected chi connectivity index (χ0v) is 11.7. The van der Waals surface area contributed by atoms with Crippen molar-refractivity contribution >= 4 is 5.69 Å². The highest BCUT2D eigenvalue weighted by molar-refractivity contribution is 5.54. The second-order valence-corrected chi connectivity index (χ2v) is 6.15. The standard InChI is InChI=1S/C15H20N4/c1-15(2,3)14-10-19(18-17-14)13-8-9-16-12-7-5-4-6-11(12)13/h4-7,10,13,16H,8-9H2,1-3H3. The molecular formula is C15H20N4. The summed E-state index contributed by atoms with van der Waals surface area (Å²) >= 11 is 0. The van der Waals surface area contributed by atoms with Crippen molar-refractivity contribution < 1.29 is 0 Å². The molecule has 1 aliphatic heterocycles. The summed E-state index contributed by atoms with van der Waals surface area (Å²) in [7, 11) is 0. The van der Waals surface area contributed by atoms with Gasteiger partial charge in [0.25, 0.3) is 0 Å². The van der Waals surface area contributed by atoms with Crippen LogP contribution in [0, 0.1) is 0 Å². The van der Waals surface area contributed by atoms with Gasteiger partial charge in [-0.05, 0) is 18.1 Å². The van der Waals surface area contributed by atoms with Crippen LogP contribution in [-0.2, 0) is 5.41 Å². The molecule has 2 aromatic rings. The van der Waals surface area contributed by atoms with Crippen LogP contribution < -0.4 is 5.32 Å². The van der Waals surface area contributed by atoms with Crippen molar-refractivity contribution in [2.75, 3.05) is 11.9 Å². The minimum atomic E-state index is 0.0463. The summed E-state index contributed by atoms with van der Waals surface area (Å²) < 4.78 is 2.01. The van der Waals surface area contributed by atoms with Crippen molar-refractivity contribution in [3.8, 4) is 0 Å². The number of hydrogen-bond acceptors (Lipinski definition) is 3. The highest BCUT2D eigenvalue weighted by Crippen LogP contribution is 2.32. The third-order valence-corrected chi connectivity index (χ3v) is 3.65. The van der Waals surface area contributed by atoms with Crippen molar-refractivity contribution in [2.24, 2.45) is 0 Å². The van der Waals surface area contributed by atoms with Crippen LogP contribution in [0.15, 0.2) is 30.5 Å². The number of benzene rings is 1. The second kappa shape index (κ2) is 4.37. The van der Waals surface area contributed by atoms with Crippen LogP contribution in [0.3, 0.4) is 0 Å². The van der Waals surface area contributed by atoms with E-state index in [1.165, 1.54) is 11.3 Å². The van der Waals surface area contributed by atoms with Gasteiger partial charge in [-0.25, -0.2) is 4.68 Å². The number of fused-ring (bicyclic) bond motifs is 1. The molecule has 1 atom stereocenters. The summed E-state index contributed by atoms with van der Waals surface area (Å²) in [6.45, 7) is 7.47. The molecule has 1 aliphatic rings. The summed E-state index contributed by atoms with van der Waals surface area (Å²) in [5.41, 5.74) is 3.61. The van der Waals surface area contributed by atoms with E-state index < -0.39 is 0 Å². The zero-order chi connectivity index (χ0) is 13.5. The van der Waals surface area contributed by atoms with E-state index in [0.717, 1.165) is 18.7 Å². The Labute approximate surface area is 113 Å². The van der Waals surface area contributed by atoms with Crippen molar-refractivity contribution in [3.05, 3.63) is 41.7 Å². The Morgan fingerprint density at radius 1 is 1.26 bits per heavy atom. The minimum Gasteiger partial charge on any atom is -0.385 e. The van der Waals surface area contributed by atoms with Crippen molar-refractivity contribution in [3.63, 3.8) is 0 Å². The first-order valence-electron chi connectivity index (χ1n) is 6.81.